The van der Waals surface area contributed by atoms with Crippen molar-refractivity contribution in [2.45, 2.75) is 26.4 Å². The molecule has 1 aromatic heterocycles. The fraction of sp³-hybridized carbons (Fsp3) is 0.308. The van der Waals surface area contributed by atoms with Crippen molar-refractivity contribution < 1.29 is 0 Å². The van der Waals surface area contributed by atoms with Gasteiger partial charge in [-0.05, 0) is 12.1 Å². The zero-order valence-electron chi connectivity index (χ0n) is 10.3. The van der Waals surface area contributed by atoms with Gasteiger partial charge in [0, 0.05) is 29.4 Å². The molecule has 0 bridgehead atoms. The number of nitrogens with one attached hydrogen (secondary N) is 1. The minimum atomic E-state index is 0.398. The molecule has 18 heavy (non-hydrogen) atoms. The van der Waals surface area contributed by atoms with Crippen LogP contribution in [0, 0.1) is 0 Å². The van der Waals surface area contributed by atoms with Gasteiger partial charge < -0.3 is 5.32 Å². The molecule has 0 radical (unpaired) electrons. The van der Waals surface area contributed by atoms with E-state index in [9.17, 15) is 0 Å². The van der Waals surface area contributed by atoms with E-state index in [2.05, 4.69) is 24.3 Å². The lowest BCUT2D eigenvalue weighted by atomic mass is 10.1. The van der Waals surface area contributed by atoms with E-state index in [1.54, 1.807) is 17.1 Å². The van der Waals surface area contributed by atoms with E-state index < -0.39 is 0 Å². The van der Waals surface area contributed by atoms with Crippen molar-refractivity contribution in [3.63, 3.8) is 0 Å². The molecule has 2 rings (SSSR count). The molecule has 0 aliphatic heterocycles. The molecule has 0 amide bonds. The molecule has 0 atom stereocenters. The summed E-state index contributed by atoms with van der Waals surface area (Å²) in [6.45, 7) is 4.90. The van der Waals surface area contributed by atoms with Gasteiger partial charge in [0.2, 0.25) is 0 Å². The van der Waals surface area contributed by atoms with Crippen LogP contribution in [0.25, 0.3) is 5.69 Å². The Kier molecular flexibility index (Phi) is 4.27. The van der Waals surface area contributed by atoms with Gasteiger partial charge in [-0.1, -0.05) is 43.1 Å². The third-order valence-electron chi connectivity index (χ3n) is 2.58. The second-order valence-corrected chi connectivity index (χ2v) is 5.22. The van der Waals surface area contributed by atoms with E-state index in [1.165, 1.54) is 0 Å². The van der Waals surface area contributed by atoms with Crippen molar-refractivity contribution in [3.8, 4) is 5.69 Å². The maximum atomic E-state index is 6.26. The molecule has 1 aromatic carbocycles. The van der Waals surface area contributed by atoms with Crippen molar-refractivity contribution in [1.29, 1.82) is 0 Å². The number of halogens is 2. The Balaban J connectivity index is 2.37. The van der Waals surface area contributed by atoms with Crippen LogP contribution in [0.5, 0.6) is 0 Å². The predicted octanol–water partition coefficient (Wildman–Crippen LogP) is 3.68. The lowest BCUT2D eigenvalue weighted by Gasteiger charge is -2.14. The highest BCUT2D eigenvalue weighted by Gasteiger charge is 2.10. The quantitative estimate of drug-likeness (QED) is 0.928. The smallest absolute Gasteiger partial charge is 0.0790 e. The van der Waals surface area contributed by atoms with Gasteiger partial charge in [0.05, 0.1) is 16.9 Å². The average molecular weight is 284 g/mol. The molecule has 0 aliphatic carbocycles. The molecule has 96 valence electrons. The third kappa shape index (κ3) is 3.05. The summed E-state index contributed by atoms with van der Waals surface area (Å²) in [6, 6.07) is 6.17. The summed E-state index contributed by atoms with van der Waals surface area (Å²) in [5.41, 5.74) is 1.97. The van der Waals surface area contributed by atoms with Gasteiger partial charge in [0.1, 0.15) is 0 Å². The minimum absolute atomic E-state index is 0.398. The number of aromatic nitrogens is 2. The molecule has 0 saturated heterocycles. The first-order valence-electron chi connectivity index (χ1n) is 5.79. The SMILES string of the molecule is CC(C)NCc1c(Cl)cccc1-n1cc(Cl)cn1. The van der Waals surface area contributed by atoms with E-state index in [1.807, 2.05) is 18.2 Å². The Morgan fingerprint density at radius 1 is 1.33 bits per heavy atom. The Morgan fingerprint density at radius 3 is 2.72 bits per heavy atom. The number of rotatable bonds is 4. The minimum Gasteiger partial charge on any atom is -0.310 e. The standard InChI is InChI=1S/C13H15Cl2N3/c1-9(2)16-7-11-12(15)4-3-5-13(11)18-8-10(14)6-17-18/h3-6,8-9,16H,7H2,1-2H3. The number of benzene rings is 1. The second kappa shape index (κ2) is 5.74. The van der Waals surface area contributed by atoms with Gasteiger partial charge in [-0.2, -0.15) is 5.10 Å². The third-order valence-corrected chi connectivity index (χ3v) is 3.13. The van der Waals surface area contributed by atoms with Crippen LogP contribution in [0.4, 0.5) is 0 Å². The van der Waals surface area contributed by atoms with Crippen LogP contribution in [-0.4, -0.2) is 15.8 Å². The molecule has 0 aliphatic rings. The molecular weight excluding hydrogens is 269 g/mol. The molecule has 0 saturated carbocycles. The Morgan fingerprint density at radius 2 is 2.11 bits per heavy atom. The van der Waals surface area contributed by atoms with Crippen LogP contribution in [0.1, 0.15) is 19.4 Å². The zero-order chi connectivity index (χ0) is 13.1. The maximum absolute atomic E-state index is 6.26. The van der Waals surface area contributed by atoms with E-state index >= 15 is 0 Å². The van der Waals surface area contributed by atoms with Gasteiger partial charge in [0.15, 0.2) is 0 Å². The molecule has 3 nitrogen and oxygen atoms in total. The summed E-state index contributed by atoms with van der Waals surface area (Å²) < 4.78 is 1.74. The number of hydrogen-bond donors (Lipinski definition) is 1. The fourth-order valence-corrected chi connectivity index (χ4v) is 2.05. The zero-order valence-corrected chi connectivity index (χ0v) is 11.8. The van der Waals surface area contributed by atoms with Gasteiger partial charge in [-0.15, -0.1) is 0 Å². The van der Waals surface area contributed by atoms with Crippen LogP contribution in [0.3, 0.4) is 0 Å². The van der Waals surface area contributed by atoms with Crippen LogP contribution in [0.15, 0.2) is 30.6 Å². The summed E-state index contributed by atoms with van der Waals surface area (Å²) in [7, 11) is 0. The van der Waals surface area contributed by atoms with E-state index in [4.69, 9.17) is 23.2 Å². The van der Waals surface area contributed by atoms with Crippen molar-refractivity contribution in [1.82, 2.24) is 15.1 Å². The van der Waals surface area contributed by atoms with E-state index in [-0.39, 0.29) is 0 Å². The lowest BCUT2D eigenvalue weighted by Crippen LogP contribution is -2.23. The maximum Gasteiger partial charge on any atom is 0.0790 e. The highest BCUT2D eigenvalue weighted by molar-refractivity contribution is 6.31. The first kappa shape index (κ1) is 13.4. The van der Waals surface area contributed by atoms with Gasteiger partial charge in [-0.3, -0.25) is 0 Å². The molecule has 0 unspecified atom stereocenters. The Hall–Kier alpha value is -1.03. The summed E-state index contributed by atoms with van der Waals surface area (Å²) in [5.74, 6) is 0. The van der Waals surface area contributed by atoms with Crippen molar-refractivity contribution in [2.75, 3.05) is 0 Å². The van der Waals surface area contributed by atoms with Gasteiger partial charge >= 0.3 is 0 Å². The highest BCUT2D eigenvalue weighted by Crippen LogP contribution is 2.23. The number of nitrogens with zero attached hydrogens (tertiary/aromatic N) is 2. The van der Waals surface area contributed by atoms with Gasteiger partial charge in [-0.25, -0.2) is 4.68 Å². The summed E-state index contributed by atoms with van der Waals surface area (Å²) in [4.78, 5) is 0. The monoisotopic (exact) mass is 283 g/mol. The largest absolute Gasteiger partial charge is 0.310 e. The summed E-state index contributed by atoms with van der Waals surface area (Å²) in [6.07, 6.45) is 3.38. The van der Waals surface area contributed by atoms with Crippen LogP contribution < -0.4 is 5.32 Å². The molecule has 5 heteroatoms. The van der Waals surface area contributed by atoms with Crippen molar-refractivity contribution in [2.24, 2.45) is 0 Å². The molecule has 1 heterocycles. The topological polar surface area (TPSA) is 29.9 Å². The lowest BCUT2D eigenvalue weighted by molar-refractivity contribution is 0.586. The molecule has 1 N–H and O–H groups in total. The van der Waals surface area contributed by atoms with E-state index in [0.29, 0.717) is 17.6 Å². The molecule has 0 fully saturated rings. The fourth-order valence-electron chi connectivity index (χ4n) is 1.68. The molecule has 0 spiro atoms. The Labute approximate surface area is 117 Å². The Bertz CT molecular complexity index is 535. The van der Waals surface area contributed by atoms with E-state index in [0.717, 1.165) is 16.3 Å². The van der Waals surface area contributed by atoms with Crippen LogP contribution in [-0.2, 0) is 6.54 Å². The summed E-state index contributed by atoms with van der Waals surface area (Å²) >= 11 is 12.2. The summed E-state index contributed by atoms with van der Waals surface area (Å²) in [5, 5.41) is 8.91. The second-order valence-electron chi connectivity index (χ2n) is 4.38. The van der Waals surface area contributed by atoms with Gasteiger partial charge in [0.25, 0.3) is 0 Å². The van der Waals surface area contributed by atoms with Crippen molar-refractivity contribution in [3.05, 3.63) is 46.2 Å². The highest BCUT2D eigenvalue weighted by atomic mass is 35.5. The first-order valence-corrected chi connectivity index (χ1v) is 6.55. The average Bonchev–Trinajstić information content (AvgIpc) is 2.73. The predicted molar refractivity (Wildman–Crippen MR) is 75.6 cm³/mol. The molecule has 2 aromatic rings. The van der Waals surface area contributed by atoms with Crippen LogP contribution in [0.2, 0.25) is 10.0 Å². The normalized spacial score (nSPS) is 11.2. The van der Waals surface area contributed by atoms with Crippen LogP contribution >= 0.6 is 23.2 Å². The number of hydrogen-bond acceptors (Lipinski definition) is 2. The van der Waals surface area contributed by atoms with Crippen molar-refractivity contribution >= 4 is 23.2 Å². The first-order chi connectivity index (χ1) is 8.58. The molecular formula is C13H15Cl2N3.